The Morgan fingerprint density at radius 3 is 1.63 bits per heavy atom. The monoisotopic (exact) mass is 592 g/mol. The average molecular weight is 593 g/mol. The van der Waals surface area contributed by atoms with Gasteiger partial charge in [-0.05, 0) is 94.1 Å². The molecule has 0 bridgehead atoms. The highest BCUT2D eigenvalue weighted by Crippen LogP contribution is 2.52. The highest BCUT2D eigenvalue weighted by atomic mass is 15.2. The van der Waals surface area contributed by atoms with Crippen molar-refractivity contribution < 1.29 is 0 Å². The fraction of sp³-hybridized carbons (Fsp3) is 0.163. The van der Waals surface area contributed by atoms with Crippen LogP contribution < -0.4 is 26.2 Å². The minimum Gasteiger partial charge on any atom is -0.311 e. The van der Waals surface area contributed by atoms with Crippen LogP contribution in [-0.4, -0.2) is 6.71 Å². The maximum atomic E-state index is 2.59. The van der Waals surface area contributed by atoms with Gasteiger partial charge in [0.1, 0.15) is 0 Å². The molecule has 222 valence electrons. The number of anilines is 6. The minimum absolute atomic E-state index is 0.112. The lowest BCUT2D eigenvalue weighted by Crippen LogP contribution is -2.61. The molecule has 3 heteroatoms. The Kier molecular flexibility index (Phi) is 5.64. The standard InChI is InChI=1S/C43H37BN2/c1-28-22-24-30(25-23-28)46-39-21-13-20-38-41(39)44(35-18-11-12-19-37(35)45(38)29-14-7-6-8-15-29)36-26-33-34(27-40(36)46)43(4,5)32-17-10-9-16-31(32)42(33,2)3/h6-27H,1-5H3. The summed E-state index contributed by atoms with van der Waals surface area (Å²) in [6.45, 7) is 11.9. The van der Waals surface area contributed by atoms with Gasteiger partial charge in [0.2, 0.25) is 0 Å². The normalized spacial score (nSPS) is 16.2. The molecule has 2 heterocycles. The summed E-state index contributed by atoms with van der Waals surface area (Å²) in [6, 6.07) is 50.0. The van der Waals surface area contributed by atoms with Crippen LogP contribution >= 0.6 is 0 Å². The summed E-state index contributed by atoms with van der Waals surface area (Å²) >= 11 is 0. The van der Waals surface area contributed by atoms with E-state index in [1.54, 1.807) is 0 Å². The summed E-state index contributed by atoms with van der Waals surface area (Å²) in [5, 5.41) is 0. The van der Waals surface area contributed by atoms with Gasteiger partial charge >= 0.3 is 0 Å². The van der Waals surface area contributed by atoms with Gasteiger partial charge in [-0.2, -0.15) is 0 Å². The third kappa shape index (κ3) is 3.60. The van der Waals surface area contributed by atoms with Crippen molar-refractivity contribution in [1.82, 2.24) is 0 Å². The fourth-order valence-electron chi connectivity index (χ4n) is 8.65. The van der Waals surface area contributed by atoms with E-state index in [4.69, 9.17) is 0 Å². The summed E-state index contributed by atoms with van der Waals surface area (Å²) in [6.07, 6.45) is 0. The molecular weight excluding hydrogens is 555 g/mol. The Balaban J connectivity index is 1.39. The van der Waals surface area contributed by atoms with Gasteiger partial charge in [-0.1, -0.05) is 118 Å². The first kappa shape index (κ1) is 27.3. The molecular formula is C43H37BN2. The topological polar surface area (TPSA) is 6.48 Å². The van der Waals surface area contributed by atoms with Crippen LogP contribution in [0.15, 0.2) is 133 Å². The molecule has 0 radical (unpaired) electrons. The van der Waals surface area contributed by atoms with E-state index in [0.717, 1.165) is 0 Å². The first-order valence-electron chi connectivity index (χ1n) is 16.5. The Labute approximate surface area is 273 Å². The highest BCUT2D eigenvalue weighted by molar-refractivity contribution is 7.00. The van der Waals surface area contributed by atoms with Crippen molar-refractivity contribution in [3.63, 3.8) is 0 Å². The minimum atomic E-state index is -0.133. The predicted octanol–water partition coefficient (Wildman–Crippen LogP) is 9.04. The molecule has 0 unspecified atom stereocenters. The van der Waals surface area contributed by atoms with Gasteiger partial charge in [-0.15, -0.1) is 0 Å². The van der Waals surface area contributed by atoms with Crippen molar-refractivity contribution in [1.29, 1.82) is 0 Å². The van der Waals surface area contributed by atoms with Crippen LogP contribution in [0.3, 0.4) is 0 Å². The van der Waals surface area contributed by atoms with E-state index < -0.39 is 0 Å². The number of fused-ring (bicyclic) bond motifs is 6. The van der Waals surface area contributed by atoms with Crippen molar-refractivity contribution in [2.45, 2.75) is 45.4 Å². The zero-order valence-corrected chi connectivity index (χ0v) is 27.2. The Morgan fingerprint density at radius 2 is 0.957 bits per heavy atom. The number of para-hydroxylation sites is 2. The average Bonchev–Trinajstić information content (AvgIpc) is 3.08. The van der Waals surface area contributed by atoms with Gasteiger partial charge in [0.05, 0.1) is 0 Å². The first-order valence-corrected chi connectivity index (χ1v) is 16.5. The molecule has 0 atom stereocenters. The van der Waals surface area contributed by atoms with E-state index in [-0.39, 0.29) is 17.5 Å². The number of benzene rings is 6. The highest BCUT2D eigenvalue weighted by Gasteiger charge is 2.47. The first-order chi connectivity index (χ1) is 22.3. The fourth-order valence-corrected chi connectivity index (χ4v) is 8.65. The second-order valence-corrected chi connectivity index (χ2v) is 14.3. The Bertz CT molecular complexity index is 2180. The summed E-state index contributed by atoms with van der Waals surface area (Å²) < 4.78 is 0. The second-order valence-electron chi connectivity index (χ2n) is 14.3. The van der Waals surface area contributed by atoms with Gasteiger partial charge in [0.15, 0.2) is 0 Å². The maximum absolute atomic E-state index is 2.59. The predicted molar refractivity (Wildman–Crippen MR) is 196 cm³/mol. The zero-order valence-electron chi connectivity index (χ0n) is 27.2. The zero-order chi connectivity index (χ0) is 31.4. The van der Waals surface area contributed by atoms with Gasteiger partial charge < -0.3 is 9.80 Å². The van der Waals surface area contributed by atoms with E-state index >= 15 is 0 Å². The quantitative estimate of drug-likeness (QED) is 0.185. The van der Waals surface area contributed by atoms with Gasteiger partial charge in [0, 0.05) is 45.0 Å². The third-order valence-electron chi connectivity index (χ3n) is 11.0. The van der Waals surface area contributed by atoms with Crippen molar-refractivity contribution in [3.8, 4) is 0 Å². The van der Waals surface area contributed by atoms with Crippen LogP contribution in [0.4, 0.5) is 34.1 Å². The molecule has 6 aromatic carbocycles. The molecule has 6 aromatic rings. The van der Waals surface area contributed by atoms with Crippen molar-refractivity contribution in [2.75, 3.05) is 9.80 Å². The van der Waals surface area contributed by atoms with Crippen LogP contribution in [0.25, 0.3) is 0 Å². The number of hydrogen-bond acceptors (Lipinski definition) is 2. The molecule has 0 spiro atoms. The van der Waals surface area contributed by atoms with E-state index in [1.165, 1.54) is 78.3 Å². The van der Waals surface area contributed by atoms with Crippen molar-refractivity contribution in [3.05, 3.63) is 161 Å². The van der Waals surface area contributed by atoms with Crippen LogP contribution in [0.5, 0.6) is 0 Å². The Morgan fingerprint density at radius 1 is 0.435 bits per heavy atom. The molecule has 46 heavy (non-hydrogen) atoms. The van der Waals surface area contributed by atoms with E-state index in [1.807, 2.05) is 0 Å². The number of nitrogens with zero attached hydrogens (tertiary/aromatic N) is 2. The SMILES string of the molecule is Cc1ccc(N2c3cc4c(cc3B3c5ccccc5N(c5ccccc5)c5cccc2c53)C(C)(C)c2ccccc2C4(C)C)cc1. The molecule has 3 aliphatic rings. The van der Waals surface area contributed by atoms with Crippen LogP contribution in [0, 0.1) is 6.92 Å². The smallest absolute Gasteiger partial charge is 0.252 e. The molecule has 0 saturated carbocycles. The van der Waals surface area contributed by atoms with Crippen LogP contribution in [0.1, 0.15) is 55.5 Å². The molecule has 0 N–H and O–H groups in total. The number of aryl methyl sites for hydroxylation is 1. The van der Waals surface area contributed by atoms with Gasteiger partial charge in [0.25, 0.3) is 6.71 Å². The third-order valence-corrected chi connectivity index (χ3v) is 11.0. The second kappa shape index (κ2) is 9.50. The number of rotatable bonds is 2. The maximum Gasteiger partial charge on any atom is 0.252 e. The van der Waals surface area contributed by atoms with Gasteiger partial charge in [-0.25, -0.2) is 0 Å². The van der Waals surface area contributed by atoms with E-state index in [0.29, 0.717) is 0 Å². The lowest BCUT2D eigenvalue weighted by molar-refractivity contribution is 0.521. The molecule has 0 aromatic heterocycles. The molecule has 0 saturated heterocycles. The van der Waals surface area contributed by atoms with Gasteiger partial charge in [-0.3, -0.25) is 0 Å². The molecule has 2 nitrogen and oxygen atoms in total. The summed E-state index contributed by atoms with van der Waals surface area (Å²) in [5.41, 5.74) is 18.2. The van der Waals surface area contributed by atoms with E-state index in [9.17, 15) is 0 Å². The summed E-state index contributed by atoms with van der Waals surface area (Å²) in [4.78, 5) is 5.00. The molecule has 1 aliphatic carbocycles. The van der Waals surface area contributed by atoms with Crippen molar-refractivity contribution >= 4 is 57.2 Å². The number of hydrogen-bond donors (Lipinski definition) is 0. The molecule has 0 amide bonds. The Hall–Kier alpha value is -5.02. The lowest BCUT2D eigenvalue weighted by Gasteiger charge is -2.48. The largest absolute Gasteiger partial charge is 0.311 e. The lowest BCUT2D eigenvalue weighted by atomic mass is 9.33. The van der Waals surface area contributed by atoms with E-state index in [2.05, 4.69) is 178 Å². The summed E-state index contributed by atoms with van der Waals surface area (Å²) in [7, 11) is 0. The summed E-state index contributed by atoms with van der Waals surface area (Å²) in [5.74, 6) is 0. The molecule has 2 aliphatic heterocycles. The van der Waals surface area contributed by atoms with Crippen LogP contribution in [0.2, 0.25) is 0 Å². The molecule has 0 fully saturated rings. The van der Waals surface area contributed by atoms with Crippen molar-refractivity contribution in [2.24, 2.45) is 0 Å². The van der Waals surface area contributed by atoms with Crippen LogP contribution in [-0.2, 0) is 10.8 Å². The molecule has 9 rings (SSSR count).